The molecule has 0 atom stereocenters. The zero-order valence-corrected chi connectivity index (χ0v) is 12.6. The molecule has 0 N–H and O–H groups in total. The van der Waals surface area contributed by atoms with E-state index in [1.165, 1.54) is 13.0 Å². The zero-order chi connectivity index (χ0) is 15.4. The van der Waals surface area contributed by atoms with Gasteiger partial charge in [0.2, 0.25) is 0 Å². The molecule has 0 saturated heterocycles. The number of hydrogen-bond donors (Lipinski definition) is 0. The number of carbonyl (C=O) groups is 1. The van der Waals surface area contributed by atoms with E-state index in [0.717, 1.165) is 11.4 Å². The highest BCUT2D eigenvalue weighted by atomic mass is 19.1. The monoisotopic (exact) mass is 286 g/mol. The van der Waals surface area contributed by atoms with Crippen molar-refractivity contribution in [1.82, 2.24) is 4.98 Å². The second-order valence-corrected chi connectivity index (χ2v) is 4.97. The largest absolute Gasteiger partial charge is 0.365 e. The van der Waals surface area contributed by atoms with Crippen LogP contribution in [-0.4, -0.2) is 17.3 Å². The van der Waals surface area contributed by atoms with Gasteiger partial charge in [0.15, 0.2) is 5.78 Å². The molecule has 0 aliphatic heterocycles. The fourth-order valence-corrected chi connectivity index (χ4v) is 2.38. The van der Waals surface area contributed by atoms with Gasteiger partial charge in [-0.15, -0.1) is 0 Å². The van der Waals surface area contributed by atoms with Crippen LogP contribution >= 0.6 is 0 Å². The highest BCUT2D eigenvalue weighted by molar-refractivity contribution is 6.00. The Balaban J connectivity index is 2.38. The van der Waals surface area contributed by atoms with Crippen molar-refractivity contribution in [2.24, 2.45) is 0 Å². The van der Waals surface area contributed by atoms with Gasteiger partial charge in [0.1, 0.15) is 5.82 Å². The molecule has 0 aliphatic rings. The van der Waals surface area contributed by atoms with Crippen LogP contribution in [0.3, 0.4) is 0 Å². The number of aromatic nitrogens is 1. The maximum absolute atomic E-state index is 13.9. The van der Waals surface area contributed by atoms with Crippen molar-refractivity contribution in [3.63, 3.8) is 0 Å². The first-order valence-corrected chi connectivity index (χ1v) is 7.00. The molecule has 110 valence electrons. The molecule has 0 spiro atoms. The number of hydrogen-bond acceptors (Lipinski definition) is 3. The number of nitrogens with zero attached hydrogens (tertiary/aromatic N) is 2. The normalized spacial score (nSPS) is 10.5. The van der Waals surface area contributed by atoms with E-state index >= 15 is 0 Å². The van der Waals surface area contributed by atoms with Gasteiger partial charge in [-0.2, -0.15) is 0 Å². The van der Waals surface area contributed by atoms with Gasteiger partial charge in [-0.3, -0.25) is 9.78 Å². The molecule has 0 aliphatic carbocycles. The Hall–Kier alpha value is -2.23. The van der Waals surface area contributed by atoms with Gasteiger partial charge < -0.3 is 4.90 Å². The molecule has 0 saturated carbocycles. The highest BCUT2D eigenvalue weighted by Gasteiger charge is 2.17. The lowest BCUT2D eigenvalue weighted by atomic mass is 10.1. The lowest BCUT2D eigenvalue weighted by Gasteiger charge is -2.25. The van der Waals surface area contributed by atoms with Crippen LogP contribution in [0.25, 0.3) is 0 Å². The maximum atomic E-state index is 13.9. The van der Waals surface area contributed by atoms with Gasteiger partial charge in [0.05, 0.1) is 23.5 Å². The summed E-state index contributed by atoms with van der Waals surface area (Å²) in [5.74, 6) is -0.741. The Labute approximate surface area is 124 Å². The second kappa shape index (κ2) is 6.48. The van der Waals surface area contributed by atoms with Gasteiger partial charge in [0, 0.05) is 12.2 Å². The van der Waals surface area contributed by atoms with E-state index in [9.17, 15) is 9.18 Å². The Bertz CT molecular complexity index is 655. The van der Waals surface area contributed by atoms with E-state index in [2.05, 4.69) is 4.98 Å². The molecule has 0 radical (unpaired) electrons. The lowest BCUT2D eigenvalue weighted by Crippen LogP contribution is -2.25. The van der Waals surface area contributed by atoms with Crippen molar-refractivity contribution in [2.45, 2.75) is 27.3 Å². The van der Waals surface area contributed by atoms with Crippen LogP contribution in [0.1, 0.15) is 35.6 Å². The molecule has 21 heavy (non-hydrogen) atoms. The number of pyridine rings is 1. The Kier molecular flexibility index (Phi) is 4.68. The number of ketones is 1. The molecule has 4 heteroatoms. The summed E-state index contributed by atoms with van der Waals surface area (Å²) < 4.78 is 13.9. The fourth-order valence-electron chi connectivity index (χ4n) is 2.38. The molecule has 1 heterocycles. The van der Waals surface area contributed by atoms with Crippen LogP contribution in [0.15, 0.2) is 36.4 Å². The van der Waals surface area contributed by atoms with Crippen LogP contribution in [0.5, 0.6) is 0 Å². The fraction of sp³-hybridized carbons (Fsp3) is 0.294. The molecule has 0 amide bonds. The number of rotatable bonds is 5. The van der Waals surface area contributed by atoms with Crippen LogP contribution in [0.2, 0.25) is 0 Å². The molecule has 2 rings (SSSR count). The topological polar surface area (TPSA) is 33.2 Å². The van der Waals surface area contributed by atoms with Gasteiger partial charge >= 0.3 is 0 Å². The third kappa shape index (κ3) is 3.45. The van der Waals surface area contributed by atoms with Crippen LogP contribution < -0.4 is 4.90 Å². The molecule has 1 aromatic heterocycles. The average molecular weight is 286 g/mol. The molecule has 3 nitrogen and oxygen atoms in total. The maximum Gasteiger partial charge on any atom is 0.164 e. The Morgan fingerprint density at radius 2 is 1.95 bits per heavy atom. The van der Waals surface area contributed by atoms with E-state index in [-0.39, 0.29) is 11.3 Å². The number of carbonyl (C=O) groups excluding carboxylic acids is 1. The minimum atomic E-state index is -0.476. The van der Waals surface area contributed by atoms with Crippen molar-refractivity contribution in [2.75, 3.05) is 11.4 Å². The predicted molar refractivity (Wildman–Crippen MR) is 82.1 cm³/mol. The molecule has 1 aromatic carbocycles. The summed E-state index contributed by atoms with van der Waals surface area (Å²) in [6.07, 6.45) is 0. The van der Waals surface area contributed by atoms with E-state index in [1.54, 1.807) is 12.1 Å². The standard InChI is InChI=1S/C17H19FN2O/c1-4-20(11-14-8-5-7-12(2)19-14)16-10-6-9-15(18)17(16)13(3)21/h5-10H,4,11H2,1-3H3. The molecule has 2 aromatic rings. The molecular formula is C17H19FN2O. The van der Waals surface area contributed by atoms with Crippen LogP contribution in [-0.2, 0) is 6.54 Å². The molecule has 0 fully saturated rings. The van der Waals surface area contributed by atoms with Gasteiger partial charge in [-0.05, 0) is 45.0 Å². The molecular weight excluding hydrogens is 267 g/mol. The van der Waals surface area contributed by atoms with E-state index < -0.39 is 5.82 Å². The van der Waals surface area contributed by atoms with Crippen molar-refractivity contribution in [3.8, 4) is 0 Å². The van der Waals surface area contributed by atoms with E-state index in [4.69, 9.17) is 0 Å². The van der Waals surface area contributed by atoms with Gasteiger partial charge in [0.25, 0.3) is 0 Å². The smallest absolute Gasteiger partial charge is 0.164 e. The number of anilines is 1. The summed E-state index contributed by atoms with van der Waals surface area (Å²) in [5.41, 5.74) is 2.60. The number of benzene rings is 1. The lowest BCUT2D eigenvalue weighted by molar-refractivity contribution is 0.101. The first kappa shape index (κ1) is 15.2. The number of halogens is 1. The minimum Gasteiger partial charge on any atom is -0.365 e. The second-order valence-electron chi connectivity index (χ2n) is 4.97. The van der Waals surface area contributed by atoms with Crippen LogP contribution in [0.4, 0.5) is 10.1 Å². The van der Waals surface area contributed by atoms with Crippen molar-refractivity contribution in [3.05, 3.63) is 59.2 Å². The third-order valence-corrected chi connectivity index (χ3v) is 3.36. The summed E-state index contributed by atoms with van der Waals surface area (Å²) in [4.78, 5) is 18.2. The zero-order valence-electron chi connectivity index (χ0n) is 12.6. The molecule has 0 unspecified atom stereocenters. The predicted octanol–water partition coefficient (Wildman–Crippen LogP) is 3.76. The van der Waals surface area contributed by atoms with E-state index in [1.807, 2.05) is 36.9 Å². The van der Waals surface area contributed by atoms with Crippen LogP contribution in [0, 0.1) is 12.7 Å². The van der Waals surface area contributed by atoms with E-state index in [0.29, 0.717) is 18.8 Å². The quantitative estimate of drug-likeness (QED) is 0.785. The molecule has 0 bridgehead atoms. The number of aryl methyl sites for hydroxylation is 1. The summed E-state index contributed by atoms with van der Waals surface area (Å²) in [6, 6.07) is 10.5. The first-order chi connectivity index (χ1) is 10.0. The Morgan fingerprint density at radius 3 is 2.57 bits per heavy atom. The third-order valence-electron chi connectivity index (χ3n) is 3.36. The van der Waals surface area contributed by atoms with Crippen molar-refractivity contribution >= 4 is 11.5 Å². The highest BCUT2D eigenvalue weighted by Crippen LogP contribution is 2.25. The summed E-state index contributed by atoms with van der Waals surface area (Å²) >= 11 is 0. The van der Waals surface area contributed by atoms with Gasteiger partial charge in [-0.1, -0.05) is 12.1 Å². The van der Waals surface area contributed by atoms with Gasteiger partial charge in [-0.25, -0.2) is 4.39 Å². The SMILES string of the molecule is CCN(Cc1cccc(C)n1)c1cccc(F)c1C(C)=O. The van der Waals surface area contributed by atoms with Crippen molar-refractivity contribution in [1.29, 1.82) is 0 Å². The summed E-state index contributed by atoms with van der Waals surface area (Å²) in [7, 11) is 0. The van der Waals surface area contributed by atoms with Crippen molar-refractivity contribution < 1.29 is 9.18 Å². The summed E-state index contributed by atoms with van der Waals surface area (Å²) in [5, 5.41) is 0. The Morgan fingerprint density at radius 1 is 1.24 bits per heavy atom. The summed E-state index contributed by atoms with van der Waals surface area (Å²) in [6.45, 7) is 6.51. The number of Topliss-reactive ketones (excluding diaryl/α,β-unsaturated/α-hetero) is 1. The minimum absolute atomic E-state index is 0.145. The average Bonchev–Trinajstić information content (AvgIpc) is 2.44. The first-order valence-electron chi connectivity index (χ1n) is 7.00.